The van der Waals surface area contributed by atoms with Gasteiger partial charge in [-0.05, 0) is 85.0 Å². The Labute approximate surface area is 189 Å². The first-order valence-corrected chi connectivity index (χ1v) is 10.7. The molecule has 0 saturated heterocycles. The van der Waals surface area contributed by atoms with E-state index in [1.807, 2.05) is 0 Å². The molecule has 0 saturated carbocycles. The molecule has 0 radical (unpaired) electrons. The van der Waals surface area contributed by atoms with Crippen LogP contribution in [-0.4, -0.2) is 28.4 Å². The minimum Gasteiger partial charge on any atom is -0.496 e. The monoisotopic (exact) mass is 430 g/mol. The highest BCUT2D eigenvalue weighted by atomic mass is 16.5. The molecular formula is C28H30O4. The number of fused-ring (bicyclic) bond motifs is 2. The van der Waals surface area contributed by atoms with Gasteiger partial charge in [-0.3, -0.25) is 0 Å². The van der Waals surface area contributed by atoms with Crippen molar-refractivity contribution in [1.82, 2.24) is 0 Å². The van der Waals surface area contributed by atoms with Gasteiger partial charge in [0, 0.05) is 21.9 Å². The lowest BCUT2D eigenvalue weighted by Gasteiger charge is -2.22. The smallest absolute Gasteiger partial charge is 0.127 e. The minimum atomic E-state index is 0.767. The van der Waals surface area contributed by atoms with Gasteiger partial charge in [0.1, 0.15) is 23.0 Å². The van der Waals surface area contributed by atoms with E-state index in [9.17, 15) is 0 Å². The summed E-state index contributed by atoms with van der Waals surface area (Å²) in [7, 11) is 6.83. The molecule has 0 amide bonds. The maximum absolute atomic E-state index is 5.94. The maximum atomic E-state index is 5.94. The molecule has 0 aliphatic carbocycles. The summed E-state index contributed by atoms with van der Waals surface area (Å²) in [6.07, 6.45) is 0. The van der Waals surface area contributed by atoms with Crippen molar-refractivity contribution in [1.29, 1.82) is 0 Å². The summed E-state index contributed by atoms with van der Waals surface area (Å²) in [5.41, 5.74) is 6.41. The summed E-state index contributed by atoms with van der Waals surface area (Å²) in [4.78, 5) is 0. The highest BCUT2D eigenvalue weighted by Gasteiger charge is 2.25. The lowest BCUT2D eigenvalue weighted by atomic mass is 9.87. The third kappa shape index (κ3) is 3.31. The standard InChI is InChI=1S/C28H30O4/c1-15-9-19-17(3)13-23(31-7)27(25(19)21(11-15)29-5)28-24(32-8)14-18(4)20-10-16(2)12-22(30-6)26(20)28/h9-14H,1-8H3. The van der Waals surface area contributed by atoms with Gasteiger partial charge in [0.25, 0.3) is 0 Å². The molecule has 0 N–H and O–H groups in total. The number of ether oxygens (including phenoxy) is 4. The van der Waals surface area contributed by atoms with E-state index in [1.165, 1.54) is 0 Å². The van der Waals surface area contributed by atoms with Crippen molar-refractivity contribution >= 4 is 21.5 Å². The first-order valence-electron chi connectivity index (χ1n) is 10.7. The molecule has 0 fully saturated rings. The number of hydrogen-bond donors (Lipinski definition) is 0. The predicted octanol–water partition coefficient (Wildman–Crippen LogP) is 6.93. The number of benzene rings is 4. The Hall–Kier alpha value is -3.40. The van der Waals surface area contributed by atoms with E-state index in [-0.39, 0.29) is 0 Å². The zero-order valence-corrected chi connectivity index (χ0v) is 20.1. The Kier molecular flexibility index (Phi) is 5.64. The van der Waals surface area contributed by atoms with Crippen molar-refractivity contribution in [2.45, 2.75) is 27.7 Å². The van der Waals surface area contributed by atoms with Crippen LogP contribution in [-0.2, 0) is 0 Å². The third-order valence-electron chi connectivity index (χ3n) is 6.16. The average molecular weight is 431 g/mol. The van der Waals surface area contributed by atoms with E-state index >= 15 is 0 Å². The number of methoxy groups -OCH3 is 4. The molecule has 32 heavy (non-hydrogen) atoms. The first kappa shape index (κ1) is 21.8. The van der Waals surface area contributed by atoms with Crippen LogP contribution in [0.5, 0.6) is 23.0 Å². The molecule has 4 aromatic rings. The summed E-state index contributed by atoms with van der Waals surface area (Å²) < 4.78 is 23.6. The molecule has 166 valence electrons. The number of aryl methyl sites for hydroxylation is 4. The van der Waals surface area contributed by atoms with Gasteiger partial charge in [-0.2, -0.15) is 0 Å². The van der Waals surface area contributed by atoms with Crippen LogP contribution < -0.4 is 18.9 Å². The van der Waals surface area contributed by atoms with Gasteiger partial charge in [0.15, 0.2) is 0 Å². The zero-order chi connectivity index (χ0) is 23.2. The quantitative estimate of drug-likeness (QED) is 0.344. The molecule has 4 heteroatoms. The normalized spacial score (nSPS) is 11.1. The van der Waals surface area contributed by atoms with Crippen LogP contribution in [0.3, 0.4) is 0 Å². The van der Waals surface area contributed by atoms with Crippen molar-refractivity contribution in [2.24, 2.45) is 0 Å². The van der Waals surface area contributed by atoms with Crippen LogP contribution in [0, 0.1) is 27.7 Å². The topological polar surface area (TPSA) is 36.9 Å². The number of hydrogen-bond acceptors (Lipinski definition) is 4. The molecule has 4 nitrogen and oxygen atoms in total. The molecule has 4 rings (SSSR count). The molecular weight excluding hydrogens is 400 g/mol. The van der Waals surface area contributed by atoms with Gasteiger partial charge in [-0.15, -0.1) is 0 Å². The van der Waals surface area contributed by atoms with Crippen molar-refractivity contribution < 1.29 is 18.9 Å². The van der Waals surface area contributed by atoms with Gasteiger partial charge in [0.2, 0.25) is 0 Å². The van der Waals surface area contributed by atoms with Crippen molar-refractivity contribution in [3.63, 3.8) is 0 Å². The van der Waals surface area contributed by atoms with E-state index in [0.29, 0.717) is 0 Å². The summed E-state index contributed by atoms with van der Waals surface area (Å²) in [6.45, 7) is 8.36. The van der Waals surface area contributed by atoms with Gasteiger partial charge in [0.05, 0.1) is 28.4 Å². The fraction of sp³-hybridized carbons (Fsp3) is 0.286. The Morgan fingerprint density at radius 3 is 1.09 bits per heavy atom. The Morgan fingerprint density at radius 1 is 0.438 bits per heavy atom. The lowest BCUT2D eigenvalue weighted by Crippen LogP contribution is -2.00. The summed E-state index contributed by atoms with van der Waals surface area (Å²) in [5, 5.41) is 4.25. The van der Waals surface area contributed by atoms with Crippen LogP contribution in [0.25, 0.3) is 32.7 Å². The zero-order valence-electron chi connectivity index (χ0n) is 20.1. The Balaban J connectivity index is 2.34. The average Bonchev–Trinajstić information content (AvgIpc) is 2.78. The van der Waals surface area contributed by atoms with Gasteiger partial charge in [-0.25, -0.2) is 0 Å². The summed E-state index contributed by atoms with van der Waals surface area (Å²) >= 11 is 0. The molecule has 0 atom stereocenters. The van der Waals surface area contributed by atoms with Crippen LogP contribution in [0.15, 0.2) is 36.4 Å². The molecule has 0 aliphatic rings. The summed E-state index contributed by atoms with van der Waals surface area (Å²) in [6, 6.07) is 12.7. The fourth-order valence-electron chi connectivity index (χ4n) is 4.72. The molecule has 0 spiro atoms. The van der Waals surface area contributed by atoms with Gasteiger partial charge >= 0.3 is 0 Å². The van der Waals surface area contributed by atoms with E-state index in [2.05, 4.69) is 64.1 Å². The van der Waals surface area contributed by atoms with Crippen molar-refractivity contribution in [3.05, 3.63) is 58.7 Å². The van der Waals surface area contributed by atoms with Crippen LogP contribution in [0.4, 0.5) is 0 Å². The number of rotatable bonds is 5. The molecule has 0 bridgehead atoms. The summed E-state index contributed by atoms with van der Waals surface area (Å²) in [5.74, 6) is 3.14. The first-order chi connectivity index (χ1) is 15.3. The van der Waals surface area contributed by atoms with Crippen LogP contribution in [0.2, 0.25) is 0 Å². The molecule has 4 aromatic carbocycles. The van der Waals surface area contributed by atoms with Gasteiger partial charge < -0.3 is 18.9 Å². The maximum Gasteiger partial charge on any atom is 0.127 e. The fourth-order valence-corrected chi connectivity index (χ4v) is 4.72. The van der Waals surface area contributed by atoms with E-state index in [0.717, 1.165) is 77.9 Å². The van der Waals surface area contributed by atoms with Gasteiger partial charge in [-0.1, -0.05) is 12.1 Å². The Bertz CT molecular complexity index is 1250. The lowest BCUT2D eigenvalue weighted by molar-refractivity contribution is 0.408. The predicted molar refractivity (Wildman–Crippen MR) is 132 cm³/mol. The van der Waals surface area contributed by atoms with Crippen molar-refractivity contribution in [3.8, 4) is 34.1 Å². The molecule has 0 heterocycles. The largest absolute Gasteiger partial charge is 0.496 e. The Morgan fingerprint density at radius 2 is 0.781 bits per heavy atom. The SMILES string of the molecule is COc1cc(C)c2cc(C)cc(OC)c2c1-c1c(OC)cc(C)c2cc(C)cc(OC)c12. The van der Waals surface area contributed by atoms with Crippen LogP contribution in [0.1, 0.15) is 22.3 Å². The second-order valence-corrected chi connectivity index (χ2v) is 8.32. The highest BCUT2D eigenvalue weighted by Crippen LogP contribution is 2.51. The van der Waals surface area contributed by atoms with E-state index in [1.54, 1.807) is 28.4 Å². The molecule has 0 unspecified atom stereocenters. The van der Waals surface area contributed by atoms with E-state index < -0.39 is 0 Å². The minimum absolute atomic E-state index is 0.767. The second kappa shape index (κ2) is 8.27. The molecule has 0 aromatic heterocycles. The van der Waals surface area contributed by atoms with E-state index in [4.69, 9.17) is 18.9 Å². The molecule has 0 aliphatic heterocycles. The third-order valence-corrected chi connectivity index (χ3v) is 6.16. The second-order valence-electron chi connectivity index (χ2n) is 8.32. The van der Waals surface area contributed by atoms with Crippen LogP contribution >= 0.6 is 0 Å². The van der Waals surface area contributed by atoms with Crippen molar-refractivity contribution in [2.75, 3.05) is 28.4 Å². The highest BCUT2D eigenvalue weighted by molar-refractivity contribution is 6.15.